The molecule has 0 aliphatic carbocycles. The summed E-state index contributed by atoms with van der Waals surface area (Å²) in [4.78, 5) is 30.0. The number of para-hydroxylation sites is 1. The molecule has 7 nitrogen and oxygen atoms in total. The van der Waals surface area contributed by atoms with Gasteiger partial charge in [0, 0.05) is 31.9 Å². The summed E-state index contributed by atoms with van der Waals surface area (Å²) in [6, 6.07) is 7.90. The fourth-order valence-electron chi connectivity index (χ4n) is 2.82. The number of amides is 1. The first kappa shape index (κ1) is 16.6. The molecule has 134 valence electrons. The highest BCUT2D eigenvalue weighted by atomic mass is 32.1. The molecule has 1 fully saturated rings. The fourth-order valence-corrected chi connectivity index (χ4v) is 3.82. The van der Waals surface area contributed by atoms with Gasteiger partial charge in [-0.1, -0.05) is 17.4 Å². The Hall–Kier alpha value is -2.81. The summed E-state index contributed by atoms with van der Waals surface area (Å²) in [6.45, 7) is 1.78. The summed E-state index contributed by atoms with van der Waals surface area (Å²) in [5.41, 5.74) is 0.181. The van der Waals surface area contributed by atoms with Gasteiger partial charge >= 0.3 is 0 Å². The molecule has 26 heavy (non-hydrogen) atoms. The second kappa shape index (κ2) is 6.83. The van der Waals surface area contributed by atoms with E-state index in [1.165, 1.54) is 34.3 Å². The largest absolute Gasteiger partial charge is 0.354 e. The second-order valence-corrected chi connectivity index (χ2v) is 7.07. The number of fused-ring (bicyclic) bond motifs is 1. The number of benzene rings is 1. The number of rotatable bonds is 5. The third-order valence-electron chi connectivity index (χ3n) is 4.29. The molecule has 0 bridgehead atoms. The van der Waals surface area contributed by atoms with E-state index >= 15 is 0 Å². The molecule has 0 unspecified atom stereocenters. The molecule has 0 radical (unpaired) electrons. The van der Waals surface area contributed by atoms with Crippen LogP contribution in [0.1, 0.15) is 0 Å². The maximum absolute atomic E-state index is 13.7. The van der Waals surface area contributed by atoms with Crippen molar-refractivity contribution in [1.29, 1.82) is 0 Å². The number of aromatic nitrogens is 3. The normalized spacial score (nSPS) is 14.4. The van der Waals surface area contributed by atoms with Gasteiger partial charge in [-0.2, -0.15) is 5.10 Å². The average Bonchev–Trinajstić information content (AvgIpc) is 3.00. The first-order valence-electron chi connectivity index (χ1n) is 8.21. The molecule has 1 saturated heterocycles. The van der Waals surface area contributed by atoms with Crippen LogP contribution in [0.2, 0.25) is 0 Å². The summed E-state index contributed by atoms with van der Waals surface area (Å²) in [6.07, 6.45) is 1.54. The topological polar surface area (TPSA) is 80.1 Å². The van der Waals surface area contributed by atoms with Crippen LogP contribution in [0, 0.1) is 11.7 Å². The standard InChI is InChI=1S/C17H16FN5O2S/c18-12-3-1-4-13-15(12)21-17(26-13)22-9-11(10-22)16(25)19-7-8-23-14(24)5-2-6-20-23/h1-6,11H,7-10H2,(H,19,25). The van der Waals surface area contributed by atoms with E-state index in [4.69, 9.17) is 0 Å². The van der Waals surface area contributed by atoms with Gasteiger partial charge in [-0.05, 0) is 18.2 Å². The zero-order valence-corrected chi connectivity index (χ0v) is 14.6. The zero-order chi connectivity index (χ0) is 18.1. The monoisotopic (exact) mass is 373 g/mol. The Bertz CT molecular complexity index is 1010. The molecule has 1 aliphatic heterocycles. The molecular weight excluding hydrogens is 357 g/mol. The molecule has 1 N–H and O–H groups in total. The molecule has 1 amide bonds. The van der Waals surface area contributed by atoms with Gasteiger partial charge < -0.3 is 10.2 Å². The minimum atomic E-state index is -0.329. The molecule has 3 heterocycles. The molecule has 0 saturated carbocycles. The first-order chi connectivity index (χ1) is 12.6. The van der Waals surface area contributed by atoms with Crippen LogP contribution in [0.5, 0.6) is 0 Å². The Kier molecular flexibility index (Phi) is 4.37. The van der Waals surface area contributed by atoms with Gasteiger partial charge in [-0.3, -0.25) is 9.59 Å². The lowest BCUT2D eigenvalue weighted by Gasteiger charge is -2.37. The van der Waals surface area contributed by atoms with Crippen LogP contribution in [-0.2, 0) is 11.3 Å². The van der Waals surface area contributed by atoms with Crippen LogP contribution < -0.4 is 15.8 Å². The van der Waals surface area contributed by atoms with E-state index in [2.05, 4.69) is 15.4 Å². The Morgan fingerprint density at radius 3 is 2.92 bits per heavy atom. The van der Waals surface area contributed by atoms with Crippen molar-refractivity contribution in [3.8, 4) is 0 Å². The highest BCUT2D eigenvalue weighted by Crippen LogP contribution is 2.33. The van der Waals surface area contributed by atoms with Crippen LogP contribution in [-0.4, -0.2) is 40.3 Å². The van der Waals surface area contributed by atoms with Gasteiger partial charge in [0.25, 0.3) is 5.56 Å². The highest BCUT2D eigenvalue weighted by Gasteiger charge is 2.34. The number of nitrogens with one attached hydrogen (secondary N) is 1. The van der Waals surface area contributed by atoms with Gasteiger partial charge in [-0.25, -0.2) is 14.1 Å². The van der Waals surface area contributed by atoms with E-state index in [9.17, 15) is 14.0 Å². The third-order valence-corrected chi connectivity index (χ3v) is 5.37. The van der Waals surface area contributed by atoms with Crippen molar-refractivity contribution in [1.82, 2.24) is 20.1 Å². The molecular formula is C17H16FN5O2S. The average molecular weight is 373 g/mol. The van der Waals surface area contributed by atoms with Crippen LogP contribution in [0.4, 0.5) is 9.52 Å². The van der Waals surface area contributed by atoms with Crippen LogP contribution in [0.25, 0.3) is 10.2 Å². The van der Waals surface area contributed by atoms with Crippen molar-refractivity contribution in [3.05, 3.63) is 52.7 Å². The fraction of sp³-hybridized carbons (Fsp3) is 0.294. The van der Waals surface area contributed by atoms with Gasteiger partial charge in [0.1, 0.15) is 11.3 Å². The van der Waals surface area contributed by atoms with Gasteiger partial charge in [-0.15, -0.1) is 0 Å². The van der Waals surface area contributed by atoms with Crippen molar-refractivity contribution in [3.63, 3.8) is 0 Å². The number of nitrogens with zero attached hydrogens (tertiary/aromatic N) is 4. The van der Waals surface area contributed by atoms with E-state index in [1.807, 2.05) is 11.0 Å². The minimum Gasteiger partial charge on any atom is -0.354 e. The number of carbonyl (C=O) groups excluding carboxylic acids is 1. The van der Waals surface area contributed by atoms with E-state index < -0.39 is 0 Å². The minimum absolute atomic E-state index is 0.0579. The van der Waals surface area contributed by atoms with E-state index in [-0.39, 0.29) is 23.2 Å². The molecule has 0 spiro atoms. The maximum atomic E-state index is 13.7. The molecule has 1 aliphatic rings. The van der Waals surface area contributed by atoms with Crippen molar-refractivity contribution in [2.45, 2.75) is 6.54 Å². The van der Waals surface area contributed by atoms with Crippen LogP contribution >= 0.6 is 11.3 Å². The predicted octanol–water partition coefficient (Wildman–Crippen LogP) is 1.24. The van der Waals surface area contributed by atoms with E-state index in [0.717, 1.165) is 9.83 Å². The lowest BCUT2D eigenvalue weighted by Crippen LogP contribution is -2.54. The van der Waals surface area contributed by atoms with E-state index in [1.54, 1.807) is 12.1 Å². The Labute approximate surface area is 152 Å². The number of hydrogen-bond acceptors (Lipinski definition) is 6. The smallest absolute Gasteiger partial charge is 0.266 e. The van der Waals surface area contributed by atoms with Gasteiger partial charge in [0.2, 0.25) is 5.91 Å². The summed E-state index contributed by atoms with van der Waals surface area (Å²) < 4.78 is 15.8. The molecule has 1 aromatic carbocycles. The Morgan fingerprint density at radius 2 is 2.15 bits per heavy atom. The summed E-state index contributed by atoms with van der Waals surface area (Å²) in [5, 5.41) is 7.50. The van der Waals surface area contributed by atoms with Crippen molar-refractivity contribution < 1.29 is 9.18 Å². The van der Waals surface area contributed by atoms with E-state index in [0.29, 0.717) is 31.7 Å². The van der Waals surface area contributed by atoms with Crippen molar-refractivity contribution >= 4 is 32.6 Å². The molecule has 4 rings (SSSR count). The number of anilines is 1. The number of thiazole rings is 1. The lowest BCUT2D eigenvalue weighted by molar-refractivity contribution is -0.125. The third kappa shape index (κ3) is 3.17. The van der Waals surface area contributed by atoms with Gasteiger partial charge in [0.05, 0.1) is 17.2 Å². The summed E-state index contributed by atoms with van der Waals surface area (Å²) >= 11 is 1.42. The van der Waals surface area contributed by atoms with Crippen molar-refractivity contribution in [2.75, 3.05) is 24.5 Å². The molecule has 9 heteroatoms. The number of carbonyl (C=O) groups is 1. The lowest BCUT2D eigenvalue weighted by atomic mass is 10.0. The predicted molar refractivity (Wildman–Crippen MR) is 96.8 cm³/mol. The SMILES string of the molecule is O=C(NCCn1ncccc1=O)C1CN(c2nc3c(F)cccc3s2)C1. The molecule has 2 aromatic heterocycles. The maximum Gasteiger partial charge on any atom is 0.266 e. The molecule has 0 atom stereocenters. The van der Waals surface area contributed by atoms with Gasteiger partial charge in [0.15, 0.2) is 5.13 Å². The first-order valence-corrected chi connectivity index (χ1v) is 9.03. The number of halogens is 1. The Balaban J connectivity index is 1.30. The Morgan fingerprint density at radius 1 is 1.31 bits per heavy atom. The van der Waals surface area contributed by atoms with Crippen LogP contribution in [0.15, 0.2) is 41.3 Å². The summed E-state index contributed by atoms with van der Waals surface area (Å²) in [5.74, 6) is -0.519. The van der Waals surface area contributed by atoms with Crippen molar-refractivity contribution in [2.24, 2.45) is 5.92 Å². The molecule has 3 aromatic rings. The quantitative estimate of drug-likeness (QED) is 0.728. The summed E-state index contributed by atoms with van der Waals surface area (Å²) in [7, 11) is 0. The highest BCUT2D eigenvalue weighted by molar-refractivity contribution is 7.22. The zero-order valence-electron chi connectivity index (χ0n) is 13.8. The van der Waals surface area contributed by atoms with Crippen LogP contribution in [0.3, 0.4) is 0 Å². The number of hydrogen-bond donors (Lipinski definition) is 1. The second-order valence-electron chi connectivity index (χ2n) is 6.06.